The average Bonchev–Trinajstić information content (AvgIpc) is 2.94. The number of hydrogen-bond acceptors (Lipinski definition) is 4. The van der Waals surface area contributed by atoms with Gasteiger partial charge in [-0.1, -0.05) is 12.1 Å². The number of hydrogen-bond donors (Lipinski definition) is 1. The predicted molar refractivity (Wildman–Crippen MR) is 96.3 cm³/mol. The first-order valence-corrected chi connectivity index (χ1v) is 8.58. The Morgan fingerprint density at radius 3 is 2.64 bits per heavy atom. The minimum atomic E-state index is -0.163. The maximum atomic E-state index is 12.5. The quantitative estimate of drug-likeness (QED) is 0.740. The Labute approximate surface area is 148 Å². The molecule has 0 saturated carbocycles. The molecule has 7 nitrogen and oxygen atoms in total. The Balaban J connectivity index is 2.18. The van der Waals surface area contributed by atoms with Gasteiger partial charge in [0, 0.05) is 33.2 Å². The van der Waals surface area contributed by atoms with Gasteiger partial charge >= 0.3 is 0 Å². The van der Waals surface area contributed by atoms with Crippen molar-refractivity contribution in [1.82, 2.24) is 19.8 Å². The number of carbonyl (C=O) groups is 2. The second-order valence-corrected chi connectivity index (χ2v) is 5.70. The fourth-order valence-electron chi connectivity index (χ4n) is 2.80. The minimum absolute atomic E-state index is 0.0386. The van der Waals surface area contributed by atoms with Crippen LogP contribution in [0.5, 0.6) is 0 Å². The first-order chi connectivity index (χ1) is 12.1. The summed E-state index contributed by atoms with van der Waals surface area (Å²) in [5.74, 6) is 0.696. The molecule has 2 aromatic rings. The first kappa shape index (κ1) is 18.9. The largest absolute Gasteiger partial charge is 0.375 e. The van der Waals surface area contributed by atoms with Crippen LogP contribution in [-0.4, -0.2) is 59.6 Å². The lowest BCUT2D eigenvalue weighted by Gasteiger charge is -2.20. The molecule has 0 aliphatic carbocycles. The van der Waals surface area contributed by atoms with Gasteiger partial charge in [-0.3, -0.25) is 9.59 Å². The van der Waals surface area contributed by atoms with E-state index >= 15 is 0 Å². The van der Waals surface area contributed by atoms with Crippen molar-refractivity contribution in [3.05, 3.63) is 30.1 Å². The molecule has 25 heavy (non-hydrogen) atoms. The Kier molecular flexibility index (Phi) is 6.94. The average molecular weight is 346 g/mol. The van der Waals surface area contributed by atoms with Crippen molar-refractivity contribution in [3.8, 4) is 0 Å². The third-order valence-corrected chi connectivity index (χ3v) is 4.09. The number of likely N-dealkylation sites (N-methyl/N-ethyl adjacent to an activating group) is 1. The van der Waals surface area contributed by atoms with Gasteiger partial charge in [-0.2, -0.15) is 0 Å². The van der Waals surface area contributed by atoms with Crippen molar-refractivity contribution in [2.24, 2.45) is 0 Å². The molecule has 0 atom stereocenters. The highest BCUT2D eigenvalue weighted by atomic mass is 16.5. The number of aromatic nitrogens is 2. The molecule has 0 aliphatic rings. The van der Waals surface area contributed by atoms with Gasteiger partial charge in [0.15, 0.2) is 0 Å². The van der Waals surface area contributed by atoms with Crippen LogP contribution in [0.3, 0.4) is 0 Å². The number of benzene rings is 1. The van der Waals surface area contributed by atoms with E-state index in [-0.39, 0.29) is 25.0 Å². The molecule has 2 rings (SSSR count). The molecule has 0 radical (unpaired) electrons. The van der Waals surface area contributed by atoms with Gasteiger partial charge in [-0.15, -0.1) is 0 Å². The molecule has 0 unspecified atom stereocenters. The topological polar surface area (TPSA) is 76.5 Å². The van der Waals surface area contributed by atoms with Crippen LogP contribution in [0.2, 0.25) is 0 Å². The van der Waals surface area contributed by atoms with Crippen molar-refractivity contribution in [1.29, 1.82) is 0 Å². The van der Waals surface area contributed by atoms with Crippen molar-refractivity contribution >= 4 is 22.8 Å². The smallest absolute Gasteiger partial charge is 0.245 e. The molecule has 0 bridgehead atoms. The lowest BCUT2D eigenvalue weighted by molar-refractivity contribution is -0.131. The summed E-state index contributed by atoms with van der Waals surface area (Å²) >= 11 is 0. The number of ether oxygens (including phenoxy) is 1. The highest BCUT2D eigenvalue weighted by Gasteiger charge is 2.16. The monoisotopic (exact) mass is 346 g/mol. The van der Waals surface area contributed by atoms with Crippen LogP contribution >= 0.6 is 0 Å². The normalized spacial score (nSPS) is 10.8. The van der Waals surface area contributed by atoms with Gasteiger partial charge in [0.2, 0.25) is 11.8 Å². The number of carbonyl (C=O) groups excluding carboxylic acids is 2. The summed E-state index contributed by atoms with van der Waals surface area (Å²) in [6, 6.07) is 7.76. The van der Waals surface area contributed by atoms with Crippen LogP contribution in [0.4, 0.5) is 0 Å². The molecule has 2 amide bonds. The van der Waals surface area contributed by atoms with Crippen LogP contribution in [0.1, 0.15) is 19.7 Å². The van der Waals surface area contributed by atoms with Crippen LogP contribution in [-0.2, 0) is 27.3 Å². The van der Waals surface area contributed by atoms with Crippen LogP contribution < -0.4 is 5.32 Å². The summed E-state index contributed by atoms with van der Waals surface area (Å²) in [6.07, 6.45) is 0.551. The summed E-state index contributed by atoms with van der Waals surface area (Å²) in [5.41, 5.74) is 1.79. The van der Waals surface area contributed by atoms with Gasteiger partial charge in [0.05, 0.1) is 11.0 Å². The van der Waals surface area contributed by atoms with Crippen molar-refractivity contribution < 1.29 is 14.3 Å². The summed E-state index contributed by atoms with van der Waals surface area (Å²) < 4.78 is 6.74. The van der Waals surface area contributed by atoms with E-state index in [2.05, 4.69) is 10.3 Å². The van der Waals surface area contributed by atoms with Gasteiger partial charge in [0.25, 0.3) is 0 Å². The first-order valence-electron chi connectivity index (χ1n) is 8.58. The predicted octanol–water partition coefficient (Wildman–Crippen LogP) is 1.21. The number of rotatable bonds is 9. The Bertz CT molecular complexity index is 722. The highest BCUT2D eigenvalue weighted by Crippen LogP contribution is 2.16. The van der Waals surface area contributed by atoms with Gasteiger partial charge in [0.1, 0.15) is 19.0 Å². The molecule has 1 N–H and O–H groups in total. The summed E-state index contributed by atoms with van der Waals surface area (Å²) in [5, 5.41) is 2.79. The highest BCUT2D eigenvalue weighted by molar-refractivity contribution is 5.81. The minimum Gasteiger partial charge on any atom is -0.375 e. The van der Waals surface area contributed by atoms with Gasteiger partial charge < -0.3 is 19.5 Å². The number of para-hydroxylation sites is 2. The van der Waals surface area contributed by atoms with E-state index in [1.54, 1.807) is 4.90 Å². The zero-order chi connectivity index (χ0) is 18.2. The molecule has 0 spiro atoms. The van der Waals surface area contributed by atoms with E-state index in [1.807, 2.05) is 42.7 Å². The number of imidazole rings is 1. The van der Waals surface area contributed by atoms with Gasteiger partial charge in [-0.25, -0.2) is 4.98 Å². The lowest BCUT2D eigenvalue weighted by atomic mass is 10.3. The Hall–Kier alpha value is -2.41. The molecule has 1 aromatic heterocycles. The van der Waals surface area contributed by atoms with E-state index in [4.69, 9.17) is 4.74 Å². The summed E-state index contributed by atoms with van der Waals surface area (Å²) in [7, 11) is 1.48. The fourth-order valence-corrected chi connectivity index (χ4v) is 2.80. The molecular weight excluding hydrogens is 320 g/mol. The van der Waals surface area contributed by atoms with E-state index in [1.165, 1.54) is 7.11 Å². The Morgan fingerprint density at radius 1 is 1.24 bits per heavy atom. The number of fused-ring (bicyclic) bond motifs is 1. The second-order valence-electron chi connectivity index (χ2n) is 5.70. The zero-order valence-electron chi connectivity index (χ0n) is 15.1. The molecule has 7 heteroatoms. The lowest BCUT2D eigenvalue weighted by Crippen LogP contribution is -2.34. The third-order valence-electron chi connectivity index (χ3n) is 4.09. The number of nitrogens with one attached hydrogen (secondary N) is 1. The number of amides is 2. The van der Waals surface area contributed by atoms with Crippen LogP contribution in [0, 0.1) is 0 Å². The third kappa shape index (κ3) is 4.79. The molecule has 0 saturated heterocycles. The van der Waals surface area contributed by atoms with E-state index in [0.29, 0.717) is 26.1 Å². The van der Waals surface area contributed by atoms with E-state index in [9.17, 15) is 9.59 Å². The molecule has 0 aliphatic heterocycles. The molecule has 0 fully saturated rings. The second kappa shape index (κ2) is 9.17. The summed E-state index contributed by atoms with van der Waals surface area (Å²) in [4.78, 5) is 30.5. The Morgan fingerprint density at radius 2 is 1.96 bits per heavy atom. The maximum absolute atomic E-state index is 12.5. The van der Waals surface area contributed by atoms with E-state index in [0.717, 1.165) is 16.9 Å². The summed E-state index contributed by atoms with van der Waals surface area (Å²) in [6.45, 7) is 6.06. The van der Waals surface area contributed by atoms with Gasteiger partial charge in [-0.05, 0) is 26.0 Å². The van der Waals surface area contributed by atoms with Crippen molar-refractivity contribution in [3.63, 3.8) is 0 Å². The van der Waals surface area contributed by atoms with Crippen LogP contribution in [0.15, 0.2) is 24.3 Å². The van der Waals surface area contributed by atoms with Crippen molar-refractivity contribution in [2.45, 2.75) is 26.8 Å². The number of nitrogens with zero attached hydrogens (tertiary/aromatic N) is 3. The maximum Gasteiger partial charge on any atom is 0.245 e. The molecule has 1 heterocycles. The molecular formula is C18H26N4O3. The number of methoxy groups -OCH3 is 1. The van der Waals surface area contributed by atoms with Crippen LogP contribution in [0.25, 0.3) is 11.0 Å². The SMILES string of the molecule is CCN(CC)C(=O)Cn1c(CCNC(=O)COC)nc2ccccc21. The fraction of sp³-hybridized carbons (Fsp3) is 0.500. The van der Waals surface area contributed by atoms with Crippen molar-refractivity contribution in [2.75, 3.05) is 33.4 Å². The zero-order valence-corrected chi connectivity index (χ0v) is 15.1. The standard InChI is InChI=1S/C18H26N4O3/c1-4-21(5-2)18(24)12-22-15-9-7-6-8-14(15)20-16(22)10-11-19-17(23)13-25-3/h6-9H,4-5,10-13H2,1-3H3,(H,19,23). The molecule has 1 aromatic carbocycles. The van der Waals surface area contributed by atoms with E-state index < -0.39 is 0 Å². The molecule has 136 valence electrons.